The number of halogens is 2. The Morgan fingerprint density at radius 2 is 1.93 bits per heavy atom. The molecule has 2 aromatic carbocycles. The van der Waals surface area contributed by atoms with Gasteiger partial charge in [-0.15, -0.1) is 0 Å². The van der Waals surface area contributed by atoms with Gasteiger partial charge in [-0.2, -0.15) is 0 Å². The topological polar surface area (TPSA) is 125 Å². The Bertz CT molecular complexity index is 920. The standard InChI is InChI=1S/C18H17F2N3O5/c1-28-16-5-3-12(23(26)27)8-11(16)9-15(18(21)25)22-17(24)7-10-2-4-13(19)14(20)6-10/h2-6,8,15H,7,9H2,1H3,(H2,21,25)(H,22,24)/t15-/m0/s1. The third-order valence-corrected chi connectivity index (χ3v) is 3.93. The zero-order chi connectivity index (χ0) is 20.8. The second-order valence-corrected chi connectivity index (χ2v) is 5.91. The second-order valence-electron chi connectivity index (χ2n) is 5.91. The molecular weight excluding hydrogens is 376 g/mol. The van der Waals surface area contributed by atoms with Gasteiger partial charge in [-0.25, -0.2) is 8.78 Å². The monoisotopic (exact) mass is 393 g/mol. The van der Waals surface area contributed by atoms with Crippen molar-refractivity contribution in [2.24, 2.45) is 5.73 Å². The minimum atomic E-state index is -1.19. The highest BCUT2D eigenvalue weighted by Crippen LogP contribution is 2.25. The number of methoxy groups -OCH3 is 1. The molecule has 1 atom stereocenters. The lowest BCUT2D eigenvalue weighted by molar-refractivity contribution is -0.384. The molecule has 3 N–H and O–H groups in total. The molecule has 28 heavy (non-hydrogen) atoms. The fraction of sp³-hybridized carbons (Fsp3) is 0.222. The summed E-state index contributed by atoms with van der Waals surface area (Å²) in [6.07, 6.45) is -0.462. The molecular formula is C18H17F2N3O5. The van der Waals surface area contributed by atoms with Gasteiger partial charge >= 0.3 is 0 Å². The lowest BCUT2D eigenvalue weighted by Crippen LogP contribution is -2.46. The third kappa shape index (κ3) is 5.22. The minimum Gasteiger partial charge on any atom is -0.496 e. The summed E-state index contributed by atoms with van der Waals surface area (Å²) in [6.45, 7) is 0. The molecule has 0 radical (unpaired) electrons. The molecule has 0 bridgehead atoms. The Morgan fingerprint density at radius 3 is 2.50 bits per heavy atom. The van der Waals surface area contributed by atoms with E-state index in [1.807, 2.05) is 0 Å². The van der Waals surface area contributed by atoms with E-state index in [-0.39, 0.29) is 29.8 Å². The van der Waals surface area contributed by atoms with Crippen LogP contribution >= 0.6 is 0 Å². The molecule has 2 rings (SSSR count). The Hall–Kier alpha value is -3.56. The molecule has 0 aliphatic rings. The van der Waals surface area contributed by atoms with E-state index >= 15 is 0 Å². The van der Waals surface area contributed by atoms with E-state index in [4.69, 9.17) is 10.5 Å². The van der Waals surface area contributed by atoms with Crippen molar-refractivity contribution in [2.45, 2.75) is 18.9 Å². The molecule has 0 aliphatic heterocycles. The van der Waals surface area contributed by atoms with Crippen molar-refractivity contribution in [3.63, 3.8) is 0 Å². The van der Waals surface area contributed by atoms with Crippen LogP contribution < -0.4 is 15.8 Å². The fourth-order valence-corrected chi connectivity index (χ4v) is 2.56. The number of carbonyl (C=O) groups excluding carboxylic acids is 2. The fourth-order valence-electron chi connectivity index (χ4n) is 2.56. The molecule has 0 fully saturated rings. The maximum absolute atomic E-state index is 13.2. The van der Waals surface area contributed by atoms with Crippen LogP contribution in [0.15, 0.2) is 36.4 Å². The Kier molecular flexibility index (Phi) is 6.59. The van der Waals surface area contributed by atoms with Crippen molar-refractivity contribution in [3.8, 4) is 5.75 Å². The highest BCUT2D eigenvalue weighted by Gasteiger charge is 2.22. The molecule has 0 unspecified atom stereocenters. The van der Waals surface area contributed by atoms with Crippen LogP contribution in [0.4, 0.5) is 14.5 Å². The van der Waals surface area contributed by atoms with Gasteiger partial charge in [0.1, 0.15) is 11.8 Å². The maximum atomic E-state index is 13.2. The Morgan fingerprint density at radius 1 is 1.21 bits per heavy atom. The van der Waals surface area contributed by atoms with Crippen molar-refractivity contribution in [1.29, 1.82) is 0 Å². The van der Waals surface area contributed by atoms with Crippen molar-refractivity contribution < 1.29 is 28.0 Å². The summed E-state index contributed by atoms with van der Waals surface area (Å²) in [4.78, 5) is 34.2. The van der Waals surface area contributed by atoms with Crippen molar-refractivity contribution in [3.05, 3.63) is 69.3 Å². The van der Waals surface area contributed by atoms with Gasteiger partial charge in [0, 0.05) is 24.1 Å². The molecule has 0 spiro atoms. The van der Waals surface area contributed by atoms with E-state index in [0.29, 0.717) is 5.56 Å². The van der Waals surface area contributed by atoms with Crippen LogP contribution in [0.1, 0.15) is 11.1 Å². The van der Waals surface area contributed by atoms with Crippen LogP contribution in [0, 0.1) is 21.7 Å². The minimum absolute atomic E-state index is 0.149. The number of nitrogens with two attached hydrogens (primary N) is 1. The smallest absolute Gasteiger partial charge is 0.269 e. The number of rotatable bonds is 8. The van der Waals surface area contributed by atoms with Gasteiger partial charge in [-0.1, -0.05) is 6.07 Å². The molecule has 10 heteroatoms. The molecule has 2 amide bonds. The number of nitrogens with one attached hydrogen (secondary N) is 1. The first-order valence-electron chi connectivity index (χ1n) is 8.05. The summed E-state index contributed by atoms with van der Waals surface area (Å²) in [5.41, 5.74) is 5.61. The zero-order valence-corrected chi connectivity index (χ0v) is 14.8. The average Bonchev–Trinajstić information content (AvgIpc) is 2.63. The van der Waals surface area contributed by atoms with E-state index < -0.39 is 34.4 Å². The summed E-state index contributed by atoms with van der Waals surface area (Å²) in [7, 11) is 1.35. The van der Waals surface area contributed by atoms with Crippen LogP contribution in [-0.4, -0.2) is 29.9 Å². The van der Waals surface area contributed by atoms with Crippen molar-refractivity contribution >= 4 is 17.5 Å². The number of hydrogen-bond donors (Lipinski definition) is 2. The van der Waals surface area contributed by atoms with Gasteiger partial charge in [0.2, 0.25) is 11.8 Å². The largest absolute Gasteiger partial charge is 0.496 e. The van der Waals surface area contributed by atoms with Gasteiger partial charge in [0.05, 0.1) is 18.5 Å². The van der Waals surface area contributed by atoms with Crippen molar-refractivity contribution in [2.75, 3.05) is 7.11 Å². The molecule has 148 valence electrons. The summed E-state index contributed by atoms with van der Waals surface area (Å²) < 4.78 is 31.3. The number of nitro groups is 1. The highest BCUT2D eigenvalue weighted by atomic mass is 19.2. The summed E-state index contributed by atoms with van der Waals surface area (Å²) in [5, 5.41) is 13.3. The number of amides is 2. The summed E-state index contributed by atoms with van der Waals surface area (Å²) in [6, 6.07) is 5.64. The van der Waals surface area contributed by atoms with E-state index in [1.165, 1.54) is 31.4 Å². The Balaban J connectivity index is 2.16. The van der Waals surface area contributed by atoms with Crippen LogP contribution in [0.25, 0.3) is 0 Å². The second kappa shape index (κ2) is 8.89. The van der Waals surface area contributed by atoms with Gasteiger partial charge < -0.3 is 15.8 Å². The van der Waals surface area contributed by atoms with Crippen molar-refractivity contribution in [1.82, 2.24) is 5.32 Å². The number of nitrogens with zero attached hydrogens (tertiary/aromatic N) is 1. The molecule has 0 heterocycles. The zero-order valence-electron chi connectivity index (χ0n) is 14.8. The van der Waals surface area contributed by atoms with E-state index in [1.54, 1.807) is 0 Å². The molecule has 2 aromatic rings. The van der Waals surface area contributed by atoms with Crippen LogP contribution in [0.2, 0.25) is 0 Å². The van der Waals surface area contributed by atoms with E-state index in [9.17, 15) is 28.5 Å². The molecule has 0 aliphatic carbocycles. The predicted molar refractivity (Wildman–Crippen MR) is 94.5 cm³/mol. The lowest BCUT2D eigenvalue weighted by Gasteiger charge is -2.17. The van der Waals surface area contributed by atoms with Gasteiger partial charge in [-0.05, 0) is 23.8 Å². The number of benzene rings is 2. The maximum Gasteiger partial charge on any atom is 0.269 e. The molecule has 0 saturated carbocycles. The van der Waals surface area contributed by atoms with E-state index in [0.717, 1.165) is 12.1 Å². The molecule has 0 saturated heterocycles. The third-order valence-electron chi connectivity index (χ3n) is 3.93. The number of hydrogen-bond acceptors (Lipinski definition) is 5. The van der Waals surface area contributed by atoms with Crippen LogP contribution in [-0.2, 0) is 22.4 Å². The summed E-state index contributed by atoms with van der Waals surface area (Å²) in [5.74, 6) is -3.38. The lowest BCUT2D eigenvalue weighted by atomic mass is 10.0. The number of non-ortho nitro benzene ring substituents is 1. The first kappa shape index (κ1) is 20.7. The van der Waals surface area contributed by atoms with Gasteiger partial charge in [0.25, 0.3) is 5.69 Å². The summed E-state index contributed by atoms with van der Waals surface area (Å²) >= 11 is 0. The average molecular weight is 393 g/mol. The van der Waals surface area contributed by atoms with Gasteiger partial charge in [-0.3, -0.25) is 19.7 Å². The number of primary amides is 1. The normalized spacial score (nSPS) is 11.5. The first-order valence-corrected chi connectivity index (χ1v) is 8.05. The highest BCUT2D eigenvalue weighted by molar-refractivity contribution is 5.87. The number of nitro benzene ring substituents is 1. The Labute approximate surface area is 158 Å². The SMILES string of the molecule is COc1ccc([N+](=O)[O-])cc1C[C@H](NC(=O)Cc1ccc(F)c(F)c1)C(N)=O. The quantitative estimate of drug-likeness (QED) is 0.521. The van der Waals surface area contributed by atoms with E-state index in [2.05, 4.69) is 5.32 Å². The molecule has 0 aromatic heterocycles. The number of ether oxygens (including phenoxy) is 1. The van der Waals surface area contributed by atoms with Crippen LogP contribution in [0.3, 0.4) is 0 Å². The molecule has 8 nitrogen and oxygen atoms in total. The predicted octanol–water partition coefficient (Wildman–Crippen LogP) is 1.64. The van der Waals surface area contributed by atoms with Crippen LogP contribution in [0.5, 0.6) is 5.75 Å². The number of carbonyl (C=O) groups is 2. The first-order chi connectivity index (χ1) is 13.2. The van der Waals surface area contributed by atoms with Gasteiger partial charge in [0.15, 0.2) is 11.6 Å².